The fourth-order valence-corrected chi connectivity index (χ4v) is 6.46. The number of likely N-dealkylation sites (tertiary alicyclic amines) is 1. The zero-order valence-corrected chi connectivity index (χ0v) is 21.0. The molecule has 186 valence electrons. The van der Waals surface area contributed by atoms with Crippen LogP contribution in [0.5, 0.6) is 5.75 Å². The maximum absolute atomic E-state index is 12.7. The smallest absolute Gasteiger partial charge is 0.333 e. The maximum atomic E-state index is 12.7. The third kappa shape index (κ3) is 5.38. The molecule has 1 aliphatic heterocycles. The molecule has 1 fully saturated rings. The van der Waals surface area contributed by atoms with Crippen molar-refractivity contribution in [1.82, 2.24) is 9.62 Å². The fraction of sp³-hybridized carbons (Fsp3) is 0.444. The monoisotopic (exact) mass is 495 g/mol. The molecule has 3 aliphatic rings. The zero-order chi connectivity index (χ0) is 24.4. The molecular formula is C27H33N3O4S. The number of aryl methyl sites for hydroxylation is 2. The fourth-order valence-electron chi connectivity index (χ4n) is 5.70. The summed E-state index contributed by atoms with van der Waals surface area (Å²) < 4.78 is 32.8. The Morgan fingerprint density at radius 3 is 2.40 bits per heavy atom. The predicted molar refractivity (Wildman–Crippen MR) is 137 cm³/mol. The van der Waals surface area contributed by atoms with E-state index in [0.29, 0.717) is 0 Å². The van der Waals surface area contributed by atoms with Crippen LogP contribution in [0, 0.1) is 0 Å². The normalized spacial score (nSPS) is 19.6. The maximum Gasteiger partial charge on any atom is 0.333 e. The van der Waals surface area contributed by atoms with E-state index < -0.39 is 16.1 Å². The Morgan fingerprint density at radius 2 is 1.74 bits per heavy atom. The SMILES string of the molecule is COc1ccc(CN2CCCC2/C=C/S(=O)(=O)NC(=O)Nc2c3c(cc4c2CCC4)CCC3)cc1. The van der Waals surface area contributed by atoms with Crippen LogP contribution < -0.4 is 14.8 Å². The number of fused-ring (bicyclic) bond motifs is 2. The summed E-state index contributed by atoms with van der Waals surface area (Å²) in [6.07, 6.45) is 9.63. The number of hydrogen-bond acceptors (Lipinski definition) is 5. The van der Waals surface area contributed by atoms with Crippen molar-refractivity contribution in [3.63, 3.8) is 0 Å². The van der Waals surface area contributed by atoms with Gasteiger partial charge in [-0.2, -0.15) is 0 Å². The van der Waals surface area contributed by atoms with Gasteiger partial charge in [-0.3, -0.25) is 4.90 Å². The Balaban J connectivity index is 1.23. The number of urea groups is 1. The third-order valence-electron chi connectivity index (χ3n) is 7.39. The van der Waals surface area contributed by atoms with Crippen LogP contribution in [-0.2, 0) is 42.3 Å². The zero-order valence-electron chi connectivity index (χ0n) is 20.2. The minimum absolute atomic E-state index is 0.0115. The minimum Gasteiger partial charge on any atom is -0.497 e. The number of anilines is 1. The number of methoxy groups -OCH3 is 1. The highest BCUT2D eigenvalue weighted by atomic mass is 32.2. The van der Waals surface area contributed by atoms with Crippen molar-refractivity contribution >= 4 is 21.7 Å². The number of carbonyl (C=O) groups is 1. The molecule has 0 aromatic heterocycles. The van der Waals surface area contributed by atoms with E-state index in [1.54, 1.807) is 13.2 Å². The Morgan fingerprint density at radius 1 is 1.06 bits per heavy atom. The first kappa shape index (κ1) is 23.9. The molecule has 2 N–H and O–H groups in total. The van der Waals surface area contributed by atoms with Gasteiger partial charge in [-0.05, 0) is 97.9 Å². The number of rotatable bonds is 7. The van der Waals surface area contributed by atoms with Crippen LogP contribution in [0.4, 0.5) is 10.5 Å². The number of nitrogens with one attached hydrogen (secondary N) is 2. The first-order chi connectivity index (χ1) is 16.9. The van der Waals surface area contributed by atoms with E-state index in [0.717, 1.165) is 86.9 Å². The second-order valence-electron chi connectivity index (χ2n) is 9.69. The van der Waals surface area contributed by atoms with Crippen LogP contribution in [0.25, 0.3) is 0 Å². The van der Waals surface area contributed by atoms with E-state index in [2.05, 4.69) is 21.0 Å². The van der Waals surface area contributed by atoms with Gasteiger partial charge in [0.1, 0.15) is 5.75 Å². The number of hydrogen-bond donors (Lipinski definition) is 2. The van der Waals surface area contributed by atoms with E-state index in [9.17, 15) is 13.2 Å². The molecule has 1 atom stereocenters. The number of nitrogens with zero attached hydrogens (tertiary/aromatic N) is 1. The van der Waals surface area contributed by atoms with Crippen molar-refractivity contribution in [2.24, 2.45) is 0 Å². The van der Waals surface area contributed by atoms with Crippen molar-refractivity contribution < 1.29 is 17.9 Å². The molecule has 1 saturated heterocycles. The van der Waals surface area contributed by atoms with Crippen LogP contribution in [0.1, 0.15) is 53.5 Å². The number of carbonyl (C=O) groups excluding carboxylic acids is 1. The summed E-state index contributed by atoms with van der Waals surface area (Å²) in [6.45, 7) is 1.64. The number of benzene rings is 2. The first-order valence-electron chi connectivity index (χ1n) is 12.5. The average Bonchev–Trinajstić information content (AvgIpc) is 3.59. The van der Waals surface area contributed by atoms with Crippen LogP contribution in [0.3, 0.4) is 0 Å². The van der Waals surface area contributed by atoms with Crippen molar-refractivity contribution in [3.8, 4) is 5.75 Å². The average molecular weight is 496 g/mol. The van der Waals surface area contributed by atoms with Crippen molar-refractivity contribution in [1.29, 1.82) is 0 Å². The molecule has 5 rings (SSSR count). The molecule has 2 aromatic carbocycles. The third-order valence-corrected chi connectivity index (χ3v) is 8.37. The largest absolute Gasteiger partial charge is 0.497 e. The van der Waals surface area contributed by atoms with E-state index in [1.165, 1.54) is 22.3 Å². The highest BCUT2D eigenvalue weighted by molar-refractivity contribution is 7.92. The number of sulfonamides is 1. The highest BCUT2D eigenvalue weighted by Gasteiger charge is 2.26. The van der Waals surface area contributed by atoms with Crippen LogP contribution in [0.2, 0.25) is 0 Å². The summed E-state index contributed by atoms with van der Waals surface area (Å²) in [7, 11) is -2.26. The lowest BCUT2D eigenvalue weighted by molar-refractivity contribution is 0.256. The molecule has 7 nitrogen and oxygen atoms in total. The van der Waals surface area contributed by atoms with Crippen molar-refractivity contribution in [2.75, 3.05) is 19.0 Å². The van der Waals surface area contributed by atoms with Crippen LogP contribution in [0.15, 0.2) is 41.8 Å². The lowest BCUT2D eigenvalue weighted by atomic mass is 9.99. The summed E-state index contributed by atoms with van der Waals surface area (Å²) in [5.74, 6) is 0.812. The summed E-state index contributed by atoms with van der Waals surface area (Å²) in [6, 6.07) is 9.52. The molecule has 0 spiro atoms. The lowest BCUT2D eigenvalue weighted by Crippen LogP contribution is -2.34. The standard InChI is InChI=1S/C27H33N3O4S/c1-34-23-12-10-19(11-13-23)18-30-15-4-7-22(30)14-16-35(32,33)29-27(31)28-26-24-8-2-5-20(24)17-21-6-3-9-25(21)26/h10-14,16-17,22H,2-9,15,18H2,1H3,(H2,28,29,31)/b16-14+. The topological polar surface area (TPSA) is 87.7 Å². The summed E-state index contributed by atoms with van der Waals surface area (Å²) in [5, 5.41) is 4.04. The van der Waals surface area contributed by atoms with E-state index in [-0.39, 0.29) is 6.04 Å². The molecule has 0 bridgehead atoms. The van der Waals surface area contributed by atoms with E-state index >= 15 is 0 Å². The van der Waals surface area contributed by atoms with Crippen LogP contribution >= 0.6 is 0 Å². The molecule has 2 aromatic rings. The Bertz CT molecular complexity index is 1210. The molecule has 35 heavy (non-hydrogen) atoms. The molecule has 2 amide bonds. The summed E-state index contributed by atoms with van der Waals surface area (Å²) in [4.78, 5) is 15.0. The van der Waals surface area contributed by atoms with Crippen molar-refractivity contribution in [2.45, 2.75) is 64.0 Å². The molecule has 1 heterocycles. The predicted octanol–water partition coefficient (Wildman–Crippen LogP) is 4.30. The van der Waals surface area contributed by atoms with Gasteiger partial charge in [0, 0.05) is 23.7 Å². The van der Waals surface area contributed by atoms with Gasteiger partial charge < -0.3 is 10.1 Å². The van der Waals surface area contributed by atoms with Gasteiger partial charge in [0.15, 0.2) is 0 Å². The molecular weight excluding hydrogens is 462 g/mol. The van der Waals surface area contributed by atoms with Gasteiger partial charge in [0.05, 0.1) is 7.11 Å². The van der Waals surface area contributed by atoms with Gasteiger partial charge in [-0.1, -0.05) is 24.3 Å². The summed E-state index contributed by atoms with van der Waals surface area (Å²) >= 11 is 0. The lowest BCUT2D eigenvalue weighted by Gasteiger charge is -2.22. The van der Waals surface area contributed by atoms with Gasteiger partial charge in [-0.15, -0.1) is 0 Å². The first-order valence-corrected chi connectivity index (χ1v) is 14.0. The molecule has 1 unspecified atom stereocenters. The highest BCUT2D eigenvalue weighted by Crippen LogP contribution is 2.38. The Kier molecular flexibility index (Phi) is 6.84. The summed E-state index contributed by atoms with van der Waals surface area (Å²) in [5.41, 5.74) is 6.92. The quantitative estimate of drug-likeness (QED) is 0.598. The van der Waals surface area contributed by atoms with Gasteiger partial charge in [0.2, 0.25) is 0 Å². The minimum atomic E-state index is -3.91. The number of amides is 2. The Hall–Kier alpha value is -2.84. The molecule has 8 heteroatoms. The van der Waals surface area contributed by atoms with E-state index in [1.807, 2.05) is 24.3 Å². The van der Waals surface area contributed by atoms with Gasteiger partial charge in [-0.25, -0.2) is 17.9 Å². The van der Waals surface area contributed by atoms with Crippen molar-refractivity contribution in [3.05, 3.63) is 69.6 Å². The van der Waals surface area contributed by atoms with Gasteiger partial charge >= 0.3 is 6.03 Å². The van der Waals surface area contributed by atoms with Crippen LogP contribution in [-0.4, -0.2) is 39.0 Å². The second-order valence-corrected chi connectivity index (χ2v) is 11.3. The molecule has 2 aliphatic carbocycles. The van der Waals surface area contributed by atoms with Gasteiger partial charge in [0.25, 0.3) is 10.0 Å². The molecule has 0 radical (unpaired) electrons. The number of ether oxygens (including phenoxy) is 1. The second kappa shape index (κ2) is 10.0. The molecule has 0 saturated carbocycles. The Labute approximate surface area is 207 Å². The van der Waals surface area contributed by atoms with E-state index in [4.69, 9.17) is 4.74 Å².